The zero-order chi connectivity index (χ0) is 25.3. The van der Waals surface area contributed by atoms with Gasteiger partial charge in [0.2, 0.25) is 0 Å². The van der Waals surface area contributed by atoms with Crippen LogP contribution < -0.4 is 15.4 Å². The van der Waals surface area contributed by atoms with Gasteiger partial charge in [-0.3, -0.25) is 4.90 Å². The Morgan fingerprint density at radius 3 is 2.34 bits per heavy atom. The smallest absolute Gasteiger partial charge is 0.408 e. The Morgan fingerprint density at radius 1 is 1.09 bits per heavy atom. The molecule has 6 nitrogen and oxygen atoms in total. The predicted octanol–water partition coefficient (Wildman–Crippen LogP) is 5.83. The zero-order valence-electron chi connectivity index (χ0n) is 22.1. The van der Waals surface area contributed by atoms with Gasteiger partial charge in [-0.05, 0) is 70.1 Å². The van der Waals surface area contributed by atoms with Crippen LogP contribution in [0.25, 0.3) is 0 Å². The lowest BCUT2D eigenvalue weighted by Gasteiger charge is -2.34. The molecule has 1 aliphatic heterocycles. The molecular weight excluding hydrogens is 458 g/mol. The van der Waals surface area contributed by atoms with E-state index in [1.807, 2.05) is 32.9 Å². The number of piperidine rings is 1. The van der Waals surface area contributed by atoms with Crippen LogP contribution in [-0.4, -0.2) is 53.9 Å². The van der Waals surface area contributed by atoms with Crippen LogP contribution in [-0.2, 0) is 11.3 Å². The third kappa shape index (κ3) is 9.96. The van der Waals surface area contributed by atoms with E-state index in [2.05, 4.69) is 27.7 Å². The molecule has 0 radical (unpaired) electrons. The summed E-state index contributed by atoms with van der Waals surface area (Å²) in [5.41, 5.74) is 0.779. The van der Waals surface area contributed by atoms with Crippen LogP contribution in [0, 0.1) is 5.92 Å². The fourth-order valence-corrected chi connectivity index (χ4v) is 5.47. The first-order valence-corrected chi connectivity index (χ1v) is 13.8. The molecule has 1 unspecified atom stereocenters. The number of hydrogen-bond acceptors (Lipinski definition) is 5. The van der Waals surface area contributed by atoms with E-state index in [9.17, 15) is 4.79 Å². The van der Waals surface area contributed by atoms with Gasteiger partial charge in [0.25, 0.3) is 0 Å². The number of benzene rings is 1. The summed E-state index contributed by atoms with van der Waals surface area (Å²) in [4.78, 5) is 15.8. The normalized spacial score (nSPS) is 19.1. The highest BCUT2D eigenvalue weighted by Crippen LogP contribution is 2.28. The van der Waals surface area contributed by atoms with Crippen molar-refractivity contribution in [2.45, 2.75) is 103 Å². The Morgan fingerprint density at radius 2 is 1.74 bits per heavy atom. The Bertz CT molecular complexity index is 795. The number of hydrogen-bond donors (Lipinski definition) is 2. The van der Waals surface area contributed by atoms with E-state index < -0.39 is 5.60 Å². The summed E-state index contributed by atoms with van der Waals surface area (Å²) in [6, 6.07) is 8.47. The van der Waals surface area contributed by atoms with Gasteiger partial charge in [0, 0.05) is 25.7 Å². The lowest BCUT2D eigenvalue weighted by Crippen LogP contribution is -2.52. The molecular formula is C28H45N3O3S. The van der Waals surface area contributed by atoms with Gasteiger partial charge >= 0.3 is 6.09 Å². The van der Waals surface area contributed by atoms with Gasteiger partial charge in [-0.25, -0.2) is 4.79 Å². The number of rotatable bonds is 9. The highest BCUT2D eigenvalue weighted by molar-refractivity contribution is 7.80. The molecule has 1 amide bonds. The fraction of sp³-hybridized carbons (Fsp3) is 0.714. The number of nitrogens with zero attached hydrogens (tertiary/aromatic N) is 1. The summed E-state index contributed by atoms with van der Waals surface area (Å²) < 4.78 is 10.8. The van der Waals surface area contributed by atoms with Gasteiger partial charge in [0.15, 0.2) is 0 Å². The summed E-state index contributed by atoms with van der Waals surface area (Å²) in [7, 11) is 1.70. The Labute approximate surface area is 217 Å². The molecule has 7 heteroatoms. The van der Waals surface area contributed by atoms with Gasteiger partial charge in [0.05, 0.1) is 18.1 Å². The molecule has 2 fully saturated rings. The third-order valence-corrected chi connectivity index (χ3v) is 7.50. The molecule has 2 aliphatic rings. The predicted molar refractivity (Wildman–Crippen MR) is 146 cm³/mol. The molecule has 1 aromatic carbocycles. The van der Waals surface area contributed by atoms with Crippen LogP contribution in [0.5, 0.6) is 5.75 Å². The number of ether oxygens (including phenoxy) is 2. The van der Waals surface area contributed by atoms with Crippen LogP contribution in [0.1, 0.15) is 84.1 Å². The monoisotopic (exact) mass is 503 g/mol. The number of amides is 1. The van der Waals surface area contributed by atoms with Crippen molar-refractivity contribution in [1.82, 2.24) is 15.5 Å². The Hall–Kier alpha value is -1.86. The van der Waals surface area contributed by atoms with Crippen molar-refractivity contribution in [1.29, 1.82) is 0 Å². The lowest BCUT2D eigenvalue weighted by atomic mass is 9.85. The first-order valence-electron chi connectivity index (χ1n) is 13.4. The quantitative estimate of drug-likeness (QED) is 0.414. The van der Waals surface area contributed by atoms with Gasteiger partial charge in [-0.2, -0.15) is 0 Å². The Kier molecular flexibility index (Phi) is 10.7. The molecule has 1 heterocycles. The standard InChI is InChI=1S/C28H45N3O3S/c1-28(2,3)34-27(32)30-25(15-12-21-8-6-5-7-9-21)26(35)29-23-16-18-31(19-17-23)20-22-10-13-24(33-4)14-11-22/h10-11,13-14,21,23,25H,5-9,12,15-20H2,1-4H3,(H,29,35)(H,30,32). The number of carbonyl (C=O) groups is 1. The number of carbonyl (C=O) groups excluding carboxylic acids is 1. The lowest BCUT2D eigenvalue weighted by molar-refractivity contribution is 0.0514. The average molecular weight is 504 g/mol. The van der Waals surface area contributed by atoms with E-state index >= 15 is 0 Å². The minimum atomic E-state index is -0.524. The summed E-state index contributed by atoms with van der Waals surface area (Å²) >= 11 is 5.83. The number of alkyl carbamates (subject to hydrolysis) is 1. The maximum Gasteiger partial charge on any atom is 0.408 e. The summed E-state index contributed by atoms with van der Waals surface area (Å²) in [6.07, 6.45) is 10.3. The molecule has 1 saturated heterocycles. The topological polar surface area (TPSA) is 62.8 Å². The molecule has 1 saturated carbocycles. The van der Waals surface area contributed by atoms with Crippen LogP contribution >= 0.6 is 12.2 Å². The molecule has 196 valence electrons. The second-order valence-electron chi connectivity index (χ2n) is 11.2. The van der Waals surface area contributed by atoms with Crippen molar-refractivity contribution in [3.05, 3.63) is 29.8 Å². The molecule has 1 atom stereocenters. The van der Waals surface area contributed by atoms with E-state index in [0.29, 0.717) is 6.04 Å². The summed E-state index contributed by atoms with van der Waals surface area (Å²) in [5, 5.41) is 6.66. The SMILES string of the molecule is COc1ccc(CN2CCC(NC(=S)C(CCC3CCCCC3)NC(=O)OC(C)(C)C)CC2)cc1. The van der Waals surface area contributed by atoms with Crippen LogP contribution in [0.3, 0.4) is 0 Å². The van der Waals surface area contributed by atoms with Crippen LogP contribution in [0.4, 0.5) is 4.79 Å². The number of thiocarbonyl (C=S) groups is 1. The van der Waals surface area contributed by atoms with Gasteiger partial charge < -0.3 is 20.1 Å². The number of likely N-dealkylation sites (tertiary alicyclic amines) is 1. The van der Waals surface area contributed by atoms with Gasteiger partial charge in [0.1, 0.15) is 11.4 Å². The molecule has 3 rings (SSSR count). The summed E-state index contributed by atoms with van der Waals surface area (Å²) in [6.45, 7) is 8.67. The summed E-state index contributed by atoms with van der Waals surface area (Å²) in [5.74, 6) is 1.64. The van der Waals surface area contributed by atoms with Crippen LogP contribution in [0.15, 0.2) is 24.3 Å². The maximum atomic E-state index is 12.5. The first-order chi connectivity index (χ1) is 16.7. The van der Waals surface area contributed by atoms with Crippen molar-refractivity contribution in [2.24, 2.45) is 5.92 Å². The molecule has 35 heavy (non-hydrogen) atoms. The average Bonchev–Trinajstić information content (AvgIpc) is 2.83. The van der Waals surface area contributed by atoms with Gasteiger partial charge in [-0.1, -0.05) is 56.5 Å². The molecule has 1 aliphatic carbocycles. The molecule has 0 bridgehead atoms. The van der Waals surface area contributed by atoms with E-state index in [0.717, 1.165) is 62.0 Å². The highest BCUT2D eigenvalue weighted by atomic mass is 32.1. The molecule has 0 spiro atoms. The van der Waals surface area contributed by atoms with Gasteiger partial charge in [-0.15, -0.1) is 0 Å². The van der Waals surface area contributed by atoms with Crippen molar-refractivity contribution in [2.75, 3.05) is 20.2 Å². The van der Waals surface area contributed by atoms with Crippen molar-refractivity contribution < 1.29 is 14.3 Å². The zero-order valence-corrected chi connectivity index (χ0v) is 22.9. The van der Waals surface area contributed by atoms with E-state index in [4.69, 9.17) is 21.7 Å². The minimum absolute atomic E-state index is 0.181. The maximum absolute atomic E-state index is 12.5. The second kappa shape index (κ2) is 13.4. The number of methoxy groups -OCH3 is 1. The van der Waals surface area contributed by atoms with Crippen molar-refractivity contribution in [3.63, 3.8) is 0 Å². The van der Waals surface area contributed by atoms with Crippen molar-refractivity contribution in [3.8, 4) is 5.75 Å². The Balaban J connectivity index is 1.49. The molecule has 0 aromatic heterocycles. The third-order valence-electron chi connectivity index (χ3n) is 7.09. The molecule has 1 aromatic rings. The van der Waals surface area contributed by atoms with Crippen molar-refractivity contribution >= 4 is 23.3 Å². The largest absolute Gasteiger partial charge is 0.497 e. The minimum Gasteiger partial charge on any atom is -0.497 e. The highest BCUT2D eigenvalue weighted by Gasteiger charge is 2.26. The number of nitrogens with one attached hydrogen (secondary N) is 2. The second-order valence-corrected chi connectivity index (χ2v) is 11.6. The van der Waals surface area contributed by atoms with Crippen LogP contribution in [0.2, 0.25) is 0 Å². The molecule has 2 N–H and O–H groups in total. The first kappa shape index (κ1) is 27.7. The van der Waals surface area contributed by atoms with E-state index in [-0.39, 0.29) is 12.1 Å². The van der Waals surface area contributed by atoms with E-state index in [1.165, 1.54) is 37.7 Å². The van der Waals surface area contributed by atoms with E-state index in [1.54, 1.807) is 7.11 Å². The fourth-order valence-electron chi connectivity index (χ4n) is 5.12.